The molecule has 0 radical (unpaired) electrons. The number of benzene rings is 4. The van der Waals surface area contributed by atoms with E-state index in [0.717, 1.165) is 0 Å². The minimum absolute atomic E-state index is 0.0157. The summed E-state index contributed by atoms with van der Waals surface area (Å²) in [5, 5.41) is 35.2. The molecule has 8 aliphatic heterocycles. The molecule has 12 rings (SSSR count). The van der Waals surface area contributed by atoms with Crippen LogP contribution in [0.3, 0.4) is 0 Å². The van der Waals surface area contributed by atoms with Gasteiger partial charge in [0.1, 0.15) is 69.0 Å². The summed E-state index contributed by atoms with van der Waals surface area (Å²) in [5.74, 6) is -9.70. The average molecular weight is 1800 g/mol. The zero-order valence-corrected chi connectivity index (χ0v) is 72.6. The fourth-order valence-electron chi connectivity index (χ4n) is 14.8. The SMILES string of the molecule is COCCOCC(=O)NCCCC[C@@H]1NC(=O)[C@H](C)NC(=O)C[C@@H](NC(=O)CCCNC(=O)CCC(=O)O)C(=O)N[C@@H](C)C(=O)N[C@@H](CCCCNC(=O)COCCOC)C(=O)Nc2ccc(cc2)COC(=O)N2c3cc(c(OC)cc3C(=O)N3C[C@H](F)C[C@H]3C2C)OCCCOc2cc3c(cc2OC)C(=O)N2C[C@H](F)C[C@H]2CN3C(=O)OCc2ccc(cc2)NC1=O. The van der Waals surface area contributed by atoms with Gasteiger partial charge >= 0.3 is 18.2 Å². The van der Waals surface area contributed by atoms with E-state index in [-0.39, 0.29) is 226 Å². The van der Waals surface area contributed by atoms with Gasteiger partial charge in [0.15, 0.2) is 23.0 Å². The predicted molar refractivity (Wildman–Crippen MR) is 454 cm³/mol. The first-order valence-electron chi connectivity index (χ1n) is 42.4. The van der Waals surface area contributed by atoms with E-state index in [9.17, 15) is 71.9 Å². The molecule has 2 saturated heterocycles. The van der Waals surface area contributed by atoms with Gasteiger partial charge in [-0.15, -0.1) is 0 Å². The van der Waals surface area contributed by atoms with Crippen LogP contribution in [0.4, 0.5) is 41.1 Å². The summed E-state index contributed by atoms with van der Waals surface area (Å²) in [4.78, 5) is 211. The number of nitrogens with one attached hydrogen (secondary N) is 10. The highest BCUT2D eigenvalue weighted by molar-refractivity contribution is 6.08. The fraction of sp³-hybridized carbons (Fsp3) is 0.547. The molecule has 0 aliphatic carbocycles. The number of carbonyl (C=O) groups excluding carboxylic acids is 14. The molecule has 698 valence electrons. The van der Waals surface area contributed by atoms with Crippen LogP contribution in [-0.2, 0) is 94.4 Å². The van der Waals surface area contributed by atoms with E-state index >= 15 is 8.78 Å². The van der Waals surface area contributed by atoms with Crippen LogP contribution in [0.5, 0.6) is 23.0 Å². The highest BCUT2D eigenvalue weighted by Gasteiger charge is 2.48. The average Bonchev–Trinajstić information content (AvgIpc) is 1.58. The number of hydrogen-bond donors (Lipinski definition) is 11. The Bertz CT molecular complexity index is 4570. The third-order valence-electron chi connectivity index (χ3n) is 21.6. The molecule has 0 saturated carbocycles. The van der Waals surface area contributed by atoms with Crippen molar-refractivity contribution in [2.75, 3.05) is 141 Å². The van der Waals surface area contributed by atoms with Crippen molar-refractivity contribution in [2.45, 2.75) is 185 Å². The summed E-state index contributed by atoms with van der Waals surface area (Å²) in [7, 11) is 5.65. The standard InChI is InChI=1S/C86H114F2N14O26/c1-50-78(110)97-62(14-8-10-27-90-75(106)48-123-34-32-119-4)80(112)94-57-21-17-53(18-22-57)46-127-85(117)101-45-59-36-55(87)43-99(59)83(115)60-38-68(121-6)70(41-66(60)101)125-30-13-31-126-71-42-67-61(39-69(71)122-7)84(116)100-44-56(88)37-65(100)52(3)102(67)86(118)128-47-54-19-23-58(24-20-54)95-81(113)63(15-9-11-28-91-76(107)49-124-35-33-120-5)98-79(111)51(2)93-82(114)64(40-74(105)92-50)96-73(104)16-12-29-89-72(103)25-26-77(108)109/h17-24,38-39,41-42,50-52,55-56,59,62-65H,8-16,25-37,40,43-49H2,1-7H3,(H,89,103)(H,90,106)(H,91,107)(H,92,105)(H,93,114)(H,94,112)(H,95,113)(H,96,104)(H,97,110)(H,98,111)(H,108,109)/t50-,51-,52?,55+,56+,59-,62-,63-,64+,65-/m0/s1. The number of unbranched alkanes of at least 4 members (excludes halogenated alkanes) is 2. The van der Waals surface area contributed by atoms with Crippen molar-refractivity contribution in [1.29, 1.82) is 0 Å². The van der Waals surface area contributed by atoms with E-state index in [2.05, 4.69) is 53.2 Å². The van der Waals surface area contributed by atoms with Gasteiger partial charge in [0.2, 0.25) is 59.1 Å². The first kappa shape index (κ1) is 99.2. The van der Waals surface area contributed by atoms with E-state index in [4.69, 9.17) is 52.5 Å². The van der Waals surface area contributed by atoms with Crippen LogP contribution in [-0.4, -0.2) is 285 Å². The Kier molecular flexibility index (Phi) is 38.4. The van der Waals surface area contributed by atoms with Crippen molar-refractivity contribution < 1.29 is 133 Å². The normalized spacial score (nSPS) is 21.8. The largest absolute Gasteiger partial charge is 0.493 e. The van der Waals surface area contributed by atoms with Gasteiger partial charge in [-0.3, -0.25) is 72.1 Å². The molecule has 11 N–H and O–H groups in total. The van der Waals surface area contributed by atoms with E-state index in [1.54, 1.807) is 19.1 Å². The number of rotatable bonds is 30. The number of halogens is 2. The van der Waals surface area contributed by atoms with E-state index < -0.39 is 163 Å². The lowest BCUT2D eigenvalue weighted by molar-refractivity contribution is -0.138. The molecule has 4 aromatic carbocycles. The van der Waals surface area contributed by atoms with Crippen molar-refractivity contribution >= 4 is 112 Å². The number of amides is 14. The molecule has 0 spiro atoms. The Morgan fingerprint density at radius 3 is 1.54 bits per heavy atom. The molecule has 1 unspecified atom stereocenters. The maximum Gasteiger partial charge on any atom is 0.414 e. The molecule has 8 bridgehead atoms. The second-order valence-electron chi connectivity index (χ2n) is 31.2. The van der Waals surface area contributed by atoms with Crippen molar-refractivity contribution in [3.05, 3.63) is 95.1 Å². The summed E-state index contributed by atoms with van der Waals surface area (Å²) < 4.78 is 87.1. The van der Waals surface area contributed by atoms with Gasteiger partial charge in [-0.05, 0) is 113 Å². The van der Waals surface area contributed by atoms with Crippen LogP contribution in [0.2, 0.25) is 0 Å². The van der Waals surface area contributed by atoms with Gasteiger partial charge in [-0.25, -0.2) is 18.4 Å². The number of ether oxygens (including phenoxy) is 10. The summed E-state index contributed by atoms with van der Waals surface area (Å²) in [6.45, 7) is 3.18. The second-order valence-corrected chi connectivity index (χ2v) is 31.2. The van der Waals surface area contributed by atoms with Gasteiger partial charge in [0.25, 0.3) is 11.8 Å². The number of fused-ring (bicyclic) bond motifs is 2. The lowest BCUT2D eigenvalue weighted by Gasteiger charge is -2.33. The Morgan fingerprint density at radius 2 is 1.00 bits per heavy atom. The number of anilines is 4. The maximum absolute atomic E-state index is 15.4. The third kappa shape index (κ3) is 29.2. The van der Waals surface area contributed by atoms with E-state index in [1.807, 2.05) is 0 Å². The summed E-state index contributed by atoms with van der Waals surface area (Å²) in [6.07, 6.45) is -5.78. The zero-order valence-electron chi connectivity index (χ0n) is 72.6. The van der Waals surface area contributed by atoms with E-state index in [0.29, 0.717) is 24.0 Å². The van der Waals surface area contributed by atoms with Crippen molar-refractivity contribution in [1.82, 2.24) is 52.3 Å². The Balaban J connectivity index is 1.00. The number of aliphatic carboxylic acids is 1. The van der Waals surface area contributed by atoms with Gasteiger partial charge in [-0.1, -0.05) is 24.3 Å². The number of carboxylic acid groups (broad SMARTS) is 1. The summed E-state index contributed by atoms with van der Waals surface area (Å²) in [6, 6.07) is 7.93. The van der Waals surface area contributed by atoms with Gasteiger partial charge in [0.05, 0.1) is 120 Å². The van der Waals surface area contributed by atoms with Gasteiger partial charge in [-0.2, -0.15) is 0 Å². The van der Waals surface area contributed by atoms with Crippen LogP contribution >= 0.6 is 0 Å². The van der Waals surface area contributed by atoms with Crippen molar-refractivity contribution in [3.63, 3.8) is 0 Å². The summed E-state index contributed by atoms with van der Waals surface area (Å²) in [5.41, 5.74) is 1.31. The molecular weight excluding hydrogens is 1680 g/mol. The zero-order chi connectivity index (χ0) is 92.5. The van der Waals surface area contributed by atoms with Crippen LogP contribution in [0.15, 0.2) is 72.8 Å². The molecule has 8 heterocycles. The molecule has 0 aromatic heterocycles. The number of methoxy groups -OCH3 is 4. The smallest absolute Gasteiger partial charge is 0.414 e. The van der Waals surface area contributed by atoms with Crippen molar-refractivity contribution in [2.24, 2.45) is 0 Å². The van der Waals surface area contributed by atoms with Crippen LogP contribution in [0.25, 0.3) is 0 Å². The Hall–Kier alpha value is -12.6. The Morgan fingerprint density at radius 1 is 0.508 bits per heavy atom. The number of nitrogens with zero attached hydrogens (tertiary/aromatic N) is 4. The topological polar surface area (TPSA) is 502 Å². The van der Waals surface area contributed by atoms with Gasteiger partial charge < -0.3 is 115 Å². The highest BCUT2D eigenvalue weighted by Crippen LogP contribution is 2.44. The molecule has 42 heteroatoms. The fourth-order valence-corrected chi connectivity index (χ4v) is 14.8. The number of carbonyl (C=O) groups is 15. The van der Waals surface area contributed by atoms with Crippen molar-refractivity contribution in [3.8, 4) is 23.0 Å². The quantitative estimate of drug-likeness (QED) is 0.0331. The second kappa shape index (κ2) is 49.5. The molecule has 2 fully saturated rings. The number of hydrogen-bond acceptors (Lipinski definition) is 25. The minimum atomic E-state index is -1.79. The monoisotopic (exact) mass is 1800 g/mol. The predicted octanol–water partition coefficient (Wildman–Crippen LogP) is 3.76. The third-order valence-corrected chi connectivity index (χ3v) is 21.6. The highest BCUT2D eigenvalue weighted by atomic mass is 19.1. The molecule has 8 aliphatic rings. The lowest BCUT2D eigenvalue weighted by Crippen LogP contribution is -2.56. The lowest BCUT2D eigenvalue weighted by atomic mass is 10.1. The summed E-state index contributed by atoms with van der Waals surface area (Å²) >= 11 is 0. The molecule has 128 heavy (non-hydrogen) atoms. The Labute approximate surface area is 737 Å². The van der Waals surface area contributed by atoms with E-state index in [1.165, 1.54) is 123 Å². The number of alkyl halides is 2. The first-order valence-corrected chi connectivity index (χ1v) is 42.4. The maximum atomic E-state index is 15.4. The molecule has 40 nitrogen and oxygen atoms in total. The first-order chi connectivity index (χ1) is 61.4. The van der Waals surface area contributed by atoms with Crippen LogP contribution in [0.1, 0.15) is 143 Å². The molecular formula is C86H114F2N14O26. The molecule has 10 atom stereocenters. The molecule has 14 amide bonds. The molecule has 4 aromatic rings. The van der Waals surface area contributed by atoms with Crippen LogP contribution < -0.4 is 81.9 Å². The van der Waals surface area contributed by atoms with Crippen LogP contribution in [0, 0.1) is 0 Å². The van der Waals surface area contributed by atoms with Gasteiger partial charge in [0, 0.05) is 96.0 Å². The minimum Gasteiger partial charge on any atom is -0.493 e. The number of carboxylic acids is 1.